The van der Waals surface area contributed by atoms with Crippen LogP contribution in [0.3, 0.4) is 0 Å². The molecule has 1 nitrogen and oxygen atoms in total. The maximum absolute atomic E-state index is 3.75. The van der Waals surface area contributed by atoms with Crippen LogP contribution < -0.4 is 5.32 Å². The van der Waals surface area contributed by atoms with Crippen molar-refractivity contribution in [1.29, 1.82) is 0 Å². The van der Waals surface area contributed by atoms with E-state index < -0.39 is 0 Å². The third-order valence-electron chi connectivity index (χ3n) is 5.02. The molecule has 0 bridgehead atoms. The molecule has 1 aromatic rings. The summed E-state index contributed by atoms with van der Waals surface area (Å²) in [5, 5.41) is 3.75. The van der Waals surface area contributed by atoms with E-state index in [2.05, 4.69) is 52.4 Å². The van der Waals surface area contributed by atoms with E-state index in [0.29, 0.717) is 6.04 Å². The Balaban J connectivity index is 1.66. The molecule has 2 heteroatoms. The monoisotopic (exact) mass is 321 g/mol. The highest BCUT2D eigenvalue weighted by molar-refractivity contribution is 9.10. The number of hydrogen-bond donors (Lipinski definition) is 1. The van der Waals surface area contributed by atoms with Gasteiger partial charge in [0.1, 0.15) is 0 Å². The van der Waals surface area contributed by atoms with Gasteiger partial charge in [0.05, 0.1) is 0 Å². The number of halogens is 1. The Bertz CT molecular complexity index is 402. The lowest BCUT2D eigenvalue weighted by Crippen LogP contribution is -2.34. The van der Waals surface area contributed by atoms with E-state index in [-0.39, 0.29) is 0 Å². The normalized spacial score (nSPS) is 30.7. The minimum atomic E-state index is 0.694. The Labute approximate surface area is 125 Å². The minimum absolute atomic E-state index is 0.694. The van der Waals surface area contributed by atoms with Crippen molar-refractivity contribution >= 4 is 15.9 Å². The van der Waals surface area contributed by atoms with E-state index in [4.69, 9.17) is 0 Å². The molecule has 2 fully saturated rings. The average molecular weight is 322 g/mol. The summed E-state index contributed by atoms with van der Waals surface area (Å²) in [6, 6.07) is 9.55. The van der Waals surface area contributed by atoms with Gasteiger partial charge in [-0.2, -0.15) is 0 Å². The molecule has 0 aromatic heterocycles. The quantitative estimate of drug-likeness (QED) is 0.847. The first kappa shape index (κ1) is 13.6. The third-order valence-corrected chi connectivity index (χ3v) is 5.55. The lowest BCUT2D eigenvalue weighted by atomic mass is 10.00. The van der Waals surface area contributed by atoms with Gasteiger partial charge < -0.3 is 5.32 Å². The minimum Gasteiger partial charge on any atom is -0.314 e. The van der Waals surface area contributed by atoms with Crippen LogP contribution in [0.2, 0.25) is 0 Å². The van der Waals surface area contributed by atoms with Gasteiger partial charge in [0.2, 0.25) is 0 Å². The van der Waals surface area contributed by atoms with Gasteiger partial charge in [-0.3, -0.25) is 0 Å². The van der Waals surface area contributed by atoms with Gasteiger partial charge in [0.15, 0.2) is 0 Å². The Morgan fingerprint density at radius 1 is 1.16 bits per heavy atom. The summed E-state index contributed by atoms with van der Waals surface area (Å²) in [5.74, 6) is 3.02. The van der Waals surface area contributed by atoms with Crippen LogP contribution in [0, 0.1) is 17.8 Å². The van der Waals surface area contributed by atoms with Crippen molar-refractivity contribution in [3.8, 4) is 0 Å². The highest BCUT2D eigenvalue weighted by atomic mass is 79.9. The van der Waals surface area contributed by atoms with Gasteiger partial charge in [-0.25, -0.2) is 0 Å². The largest absolute Gasteiger partial charge is 0.314 e. The standard InChI is InChI=1S/C17H24BrN/c1-2-19-16(11-12-7-9-13(18)10-8-12)17-14-5-3-4-6-15(14)17/h7-10,14-17,19H,2-6,11H2,1H3. The predicted octanol–water partition coefficient (Wildman–Crippen LogP) is 4.41. The van der Waals surface area contributed by atoms with Gasteiger partial charge >= 0.3 is 0 Å². The summed E-state index contributed by atoms with van der Waals surface area (Å²) >= 11 is 3.52. The summed E-state index contributed by atoms with van der Waals surface area (Å²) < 4.78 is 1.18. The number of hydrogen-bond acceptors (Lipinski definition) is 1. The van der Waals surface area contributed by atoms with Crippen molar-refractivity contribution in [2.45, 2.75) is 45.1 Å². The van der Waals surface area contributed by atoms with E-state index in [9.17, 15) is 0 Å². The zero-order valence-corrected chi connectivity index (χ0v) is 13.3. The van der Waals surface area contributed by atoms with Gasteiger partial charge in [-0.1, -0.05) is 47.8 Å². The summed E-state index contributed by atoms with van der Waals surface area (Å²) in [5.41, 5.74) is 1.47. The molecule has 2 aliphatic carbocycles. The number of likely N-dealkylation sites (N-methyl/N-ethyl adjacent to an activating group) is 1. The Morgan fingerprint density at radius 2 is 1.79 bits per heavy atom. The van der Waals surface area contributed by atoms with Gasteiger partial charge in [-0.15, -0.1) is 0 Å². The number of nitrogens with one attached hydrogen (secondary N) is 1. The van der Waals surface area contributed by atoms with Crippen LogP contribution in [0.4, 0.5) is 0 Å². The van der Waals surface area contributed by atoms with E-state index in [1.807, 2.05) is 0 Å². The molecule has 2 saturated carbocycles. The summed E-state index contributed by atoms with van der Waals surface area (Å²) in [6.45, 7) is 3.33. The number of benzene rings is 1. The molecule has 3 atom stereocenters. The molecule has 0 amide bonds. The average Bonchev–Trinajstić information content (AvgIpc) is 3.15. The molecular weight excluding hydrogens is 298 g/mol. The molecule has 0 heterocycles. The fraction of sp³-hybridized carbons (Fsp3) is 0.647. The Morgan fingerprint density at radius 3 is 2.37 bits per heavy atom. The second-order valence-corrected chi connectivity index (χ2v) is 7.10. The van der Waals surface area contributed by atoms with Crippen molar-refractivity contribution in [3.63, 3.8) is 0 Å². The van der Waals surface area contributed by atoms with Crippen molar-refractivity contribution in [1.82, 2.24) is 5.32 Å². The fourth-order valence-corrected chi connectivity index (χ4v) is 4.39. The molecule has 19 heavy (non-hydrogen) atoms. The van der Waals surface area contributed by atoms with Crippen molar-refractivity contribution in [2.75, 3.05) is 6.54 Å². The first-order valence-electron chi connectivity index (χ1n) is 7.77. The van der Waals surface area contributed by atoms with Crippen LogP contribution in [0.25, 0.3) is 0 Å². The molecule has 104 valence electrons. The van der Waals surface area contributed by atoms with E-state index in [1.54, 1.807) is 0 Å². The van der Waals surface area contributed by atoms with E-state index in [1.165, 1.54) is 42.1 Å². The number of fused-ring (bicyclic) bond motifs is 1. The smallest absolute Gasteiger partial charge is 0.0175 e. The lowest BCUT2D eigenvalue weighted by Gasteiger charge is -2.18. The predicted molar refractivity (Wildman–Crippen MR) is 84.2 cm³/mol. The van der Waals surface area contributed by atoms with Crippen LogP contribution in [0.15, 0.2) is 28.7 Å². The molecular formula is C17H24BrN. The number of rotatable bonds is 5. The van der Waals surface area contributed by atoms with Crippen LogP contribution in [-0.2, 0) is 6.42 Å². The highest BCUT2D eigenvalue weighted by Crippen LogP contribution is 2.57. The molecule has 0 spiro atoms. The Hall–Kier alpha value is -0.340. The summed E-state index contributed by atoms with van der Waals surface area (Å²) in [4.78, 5) is 0. The van der Waals surface area contributed by atoms with Crippen molar-refractivity contribution in [3.05, 3.63) is 34.3 Å². The molecule has 1 N–H and O–H groups in total. The molecule has 3 rings (SSSR count). The van der Waals surface area contributed by atoms with Crippen LogP contribution in [0.5, 0.6) is 0 Å². The van der Waals surface area contributed by atoms with Gasteiger partial charge in [0.25, 0.3) is 0 Å². The van der Waals surface area contributed by atoms with E-state index in [0.717, 1.165) is 24.3 Å². The highest BCUT2D eigenvalue weighted by Gasteiger charge is 2.53. The van der Waals surface area contributed by atoms with Crippen molar-refractivity contribution in [2.24, 2.45) is 17.8 Å². The van der Waals surface area contributed by atoms with Crippen LogP contribution in [-0.4, -0.2) is 12.6 Å². The van der Waals surface area contributed by atoms with Crippen LogP contribution in [0.1, 0.15) is 38.2 Å². The molecule has 1 aromatic carbocycles. The first-order valence-corrected chi connectivity index (χ1v) is 8.56. The van der Waals surface area contributed by atoms with E-state index >= 15 is 0 Å². The molecule has 3 unspecified atom stereocenters. The summed E-state index contributed by atoms with van der Waals surface area (Å²) in [7, 11) is 0. The molecule has 0 radical (unpaired) electrons. The van der Waals surface area contributed by atoms with Gasteiger partial charge in [0, 0.05) is 10.5 Å². The second kappa shape index (κ2) is 5.97. The zero-order valence-electron chi connectivity index (χ0n) is 11.7. The fourth-order valence-electron chi connectivity index (χ4n) is 4.13. The van der Waals surface area contributed by atoms with Gasteiger partial charge in [-0.05, 0) is 61.3 Å². The zero-order chi connectivity index (χ0) is 13.2. The topological polar surface area (TPSA) is 12.0 Å². The maximum Gasteiger partial charge on any atom is 0.0175 e. The molecule has 0 saturated heterocycles. The van der Waals surface area contributed by atoms with Crippen LogP contribution >= 0.6 is 15.9 Å². The SMILES string of the molecule is CCNC(Cc1ccc(Br)cc1)C1C2CCCCC21. The summed E-state index contributed by atoms with van der Waals surface area (Å²) in [6.07, 6.45) is 7.09. The molecule has 2 aliphatic rings. The molecule has 0 aliphatic heterocycles. The maximum atomic E-state index is 3.75. The third kappa shape index (κ3) is 3.05. The Kier molecular flexibility index (Phi) is 4.28. The second-order valence-electron chi connectivity index (χ2n) is 6.18. The van der Waals surface area contributed by atoms with Crippen molar-refractivity contribution < 1.29 is 0 Å². The first-order chi connectivity index (χ1) is 9.29. The lowest BCUT2D eigenvalue weighted by molar-refractivity contribution is 0.437.